The van der Waals surface area contributed by atoms with Crippen molar-refractivity contribution in [1.29, 1.82) is 0 Å². The third-order valence-corrected chi connectivity index (χ3v) is 13.9. The fourth-order valence-corrected chi connectivity index (χ4v) is 10.8. The SMILES string of the molecule is CC(C)c1cccc(Cc2cccc(C(C)C)c2OP(Oc2cccc3ccccc23)Oc2cccc3ccccc23)c1OP(Oc1cccc2ccccc12)Oc1cccc2ccccc12. The lowest BCUT2D eigenvalue weighted by Crippen LogP contribution is -2.09. The number of fused-ring (bicyclic) bond motifs is 4. The van der Waals surface area contributed by atoms with E-state index in [2.05, 4.69) is 137 Å². The lowest BCUT2D eigenvalue weighted by Gasteiger charge is -2.25. The quantitative estimate of drug-likeness (QED) is 0.0900. The van der Waals surface area contributed by atoms with Gasteiger partial charge in [0.1, 0.15) is 34.5 Å². The van der Waals surface area contributed by atoms with E-state index in [0.29, 0.717) is 40.9 Å². The number of hydrogen-bond donors (Lipinski definition) is 0. The largest absolute Gasteiger partial charge is 0.530 e. The summed E-state index contributed by atoms with van der Waals surface area (Å²) < 4.78 is 41.9. The second kappa shape index (κ2) is 19.8. The molecule has 0 heterocycles. The summed E-state index contributed by atoms with van der Waals surface area (Å²) in [5.41, 5.74) is 4.00. The Kier molecular flexibility index (Phi) is 12.9. The van der Waals surface area contributed by atoms with E-state index in [4.69, 9.17) is 27.1 Å². The molecule has 67 heavy (non-hydrogen) atoms. The molecule has 0 saturated heterocycles. The molecule has 0 aliphatic heterocycles. The lowest BCUT2D eigenvalue weighted by molar-refractivity contribution is 0.386. The number of rotatable bonds is 16. The molecule has 10 rings (SSSR count). The van der Waals surface area contributed by atoms with Crippen molar-refractivity contribution in [2.24, 2.45) is 0 Å². The Morgan fingerprint density at radius 1 is 0.299 bits per heavy atom. The Bertz CT molecular complexity index is 2940. The Hall–Kier alpha value is -7.10. The van der Waals surface area contributed by atoms with E-state index in [1.165, 1.54) is 0 Å². The van der Waals surface area contributed by atoms with E-state index in [9.17, 15) is 0 Å². The van der Waals surface area contributed by atoms with Gasteiger partial charge in [-0.3, -0.25) is 0 Å². The first-order valence-electron chi connectivity index (χ1n) is 22.7. The normalized spacial score (nSPS) is 11.6. The Balaban J connectivity index is 1.05. The van der Waals surface area contributed by atoms with Crippen LogP contribution in [0.4, 0.5) is 0 Å². The fraction of sp³-hybridized carbons (Fsp3) is 0.119. The first kappa shape index (κ1) is 43.8. The van der Waals surface area contributed by atoms with Gasteiger partial charge in [0.2, 0.25) is 0 Å². The van der Waals surface area contributed by atoms with Crippen molar-refractivity contribution in [2.45, 2.75) is 46.0 Å². The van der Waals surface area contributed by atoms with Crippen LogP contribution in [0.15, 0.2) is 206 Å². The molecule has 0 aliphatic carbocycles. The van der Waals surface area contributed by atoms with E-state index in [-0.39, 0.29) is 11.8 Å². The minimum atomic E-state index is -2.06. The van der Waals surface area contributed by atoms with Crippen molar-refractivity contribution in [2.75, 3.05) is 0 Å². The maximum atomic E-state index is 7.19. The fourth-order valence-electron chi connectivity index (χ4n) is 8.51. The van der Waals surface area contributed by atoms with Gasteiger partial charge in [-0.05, 0) is 79.9 Å². The van der Waals surface area contributed by atoms with Gasteiger partial charge in [0.15, 0.2) is 0 Å². The predicted octanol–water partition coefficient (Wildman–Crippen LogP) is 17.7. The summed E-state index contributed by atoms with van der Waals surface area (Å²) in [6.45, 7) is 8.73. The standard InChI is InChI=1S/C59H50O6P2/c1-40(2)48-33-13-27-46(58(48)64-66(60-54-35-15-23-42-19-5-9-29-50(42)54)61-55-36-16-24-43-20-6-10-30-51(43)55)39-47-28-14-34-49(41(3)4)59(47)65-67(62-56-37-17-25-44-21-7-11-31-52(44)56)63-57-38-18-26-45-22-8-12-32-53(45)57/h5-38,40-41H,39H2,1-4H3. The van der Waals surface area contributed by atoms with E-state index in [0.717, 1.165) is 65.3 Å². The average molecular weight is 917 g/mol. The van der Waals surface area contributed by atoms with Crippen LogP contribution in [0.2, 0.25) is 0 Å². The summed E-state index contributed by atoms with van der Waals surface area (Å²) in [7, 11) is -4.12. The van der Waals surface area contributed by atoms with Crippen LogP contribution in [-0.2, 0) is 6.42 Å². The van der Waals surface area contributed by atoms with Crippen LogP contribution < -0.4 is 27.1 Å². The summed E-state index contributed by atoms with van der Waals surface area (Å²) in [6, 6.07) is 69.8. The van der Waals surface area contributed by atoms with Gasteiger partial charge in [-0.25, -0.2) is 0 Å². The van der Waals surface area contributed by atoms with Crippen LogP contribution in [0.5, 0.6) is 34.5 Å². The molecule has 10 aromatic rings. The number of hydrogen-bond acceptors (Lipinski definition) is 6. The lowest BCUT2D eigenvalue weighted by atomic mass is 9.93. The van der Waals surface area contributed by atoms with Gasteiger partial charge in [0, 0.05) is 28.0 Å². The second-order valence-electron chi connectivity index (χ2n) is 17.1. The summed E-state index contributed by atoms with van der Waals surface area (Å²) >= 11 is 0. The molecule has 0 radical (unpaired) electrons. The molecule has 0 fully saturated rings. The van der Waals surface area contributed by atoms with Crippen molar-refractivity contribution in [1.82, 2.24) is 0 Å². The molecule has 0 atom stereocenters. The van der Waals surface area contributed by atoms with E-state index in [1.54, 1.807) is 0 Å². The zero-order valence-electron chi connectivity index (χ0n) is 37.8. The molecule has 0 bridgehead atoms. The van der Waals surface area contributed by atoms with Gasteiger partial charge >= 0.3 is 17.2 Å². The van der Waals surface area contributed by atoms with Crippen molar-refractivity contribution in [3.05, 3.63) is 229 Å². The smallest absolute Gasteiger partial charge is 0.408 e. The zero-order valence-corrected chi connectivity index (χ0v) is 39.6. The van der Waals surface area contributed by atoms with Crippen LogP contribution in [-0.4, -0.2) is 0 Å². The third kappa shape index (κ3) is 9.61. The summed E-state index contributed by atoms with van der Waals surface area (Å²) in [4.78, 5) is 0. The molecule has 0 amide bonds. The Morgan fingerprint density at radius 3 is 0.866 bits per heavy atom. The second-order valence-corrected chi connectivity index (χ2v) is 19.1. The van der Waals surface area contributed by atoms with Crippen molar-refractivity contribution in [3.63, 3.8) is 0 Å². The summed E-state index contributed by atoms with van der Waals surface area (Å²) in [6.07, 6.45) is 0.475. The predicted molar refractivity (Wildman–Crippen MR) is 277 cm³/mol. The molecule has 10 aromatic carbocycles. The minimum Gasteiger partial charge on any atom is -0.408 e. The Morgan fingerprint density at radius 2 is 0.567 bits per heavy atom. The highest BCUT2D eigenvalue weighted by Crippen LogP contribution is 2.51. The first-order valence-corrected chi connectivity index (χ1v) is 24.9. The molecule has 0 saturated carbocycles. The molecular weight excluding hydrogens is 867 g/mol. The number of benzene rings is 10. The first-order chi connectivity index (χ1) is 32.9. The maximum absolute atomic E-state index is 7.19. The highest BCUT2D eigenvalue weighted by atomic mass is 31.2. The third-order valence-electron chi connectivity index (χ3n) is 11.9. The number of para-hydroxylation sites is 2. The van der Waals surface area contributed by atoms with Gasteiger partial charge in [0.05, 0.1) is 0 Å². The molecule has 6 nitrogen and oxygen atoms in total. The van der Waals surface area contributed by atoms with Gasteiger partial charge < -0.3 is 27.1 Å². The highest BCUT2D eigenvalue weighted by molar-refractivity contribution is 7.43. The van der Waals surface area contributed by atoms with Crippen LogP contribution in [0.3, 0.4) is 0 Å². The molecule has 8 heteroatoms. The van der Waals surface area contributed by atoms with Crippen LogP contribution in [0, 0.1) is 0 Å². The van der Waals surface area contributed by atoms with Crippen LogP contribution >= 0.6 is 17.2 Å². The van der Waals surface area contributed by atoms with Crippen LogP contribution in [0.25, 0.3) is 43.1 Å². The van der Waals surface area contributed by atoms with Gasteiger partial charge in [-0.15, -0.1) is 0 Å². The molecule has 0 spiro atoms. The maximum Gasteiger partial charge on any atom is 0.530 e. The monoisotopic (exact) mass is 916 g/mol. The molecule has 0 N–H and O–H groups in total. The van der Waals surface area contributed by atoms with E-state index >= 15 is 0 Å². The van der Waals surface area contributed by atoms with Crippen molar-refractivity contribution in [3.8, 4) is 34.5 Å². The van der Waals surface area contributed by atoms with Crippen LogP contribution in [0.1, 0.15) is 61.8 Å². The van der Waals surface area contributed by atoms with Gasteiger partial charge in [-0.2, -0.15) is 0 Å². The van der Waals surface area contributed by atoms with E-state index < -0.39 is 17.2 Å². The topological polar surface area (TPSA) is 55.4 Å². The van der Waals surface area contributed by atoms with Gasteiger partial charge in [-0.1, -0.05) is 210 Å². The zero-order chi connectivity index (χ0) is 45.7. The summed E-state index contributed by atoms with van der Waals surface area (Å²) in [5, 5.41) is 8.15. The highest BCUT2D eigenvalue weighted by Gasteiger charge is 2.29. The van der Waals surface area contributed by atoms with E-state index in [1.807, 2.05) is 97.1 Å². The average Bonchev–Trinajstić information content (AvgIpc) is 3.35. The molecule has 332 valence electrons. The summed E-state index contributed by atoms with van der Waals surface area (Å²) in [5.74, 6) is 4.39. The molecular formula is C59H50O6P2. The van der Waals surface area contributed by atoms with Crippen molar-refractivity contribution < 1.29 is 27.1 Å². The van der Waals surface area contributed by atoms with Gasteiger partial charge in [0.25, 0.3) is 0 Å². The molecule has 0 aromatic heterocycles. The Labute approximate surface area is 394 Å². The molecule has 0 unspecified atom stereocenters. The minimum absolute atomic E-state index is 0.121. The van der Waals surface area contributed by atoms with Crippen molar-refractivity contribution >= 4 is 60.3 Å². The molecule has 0 aliphatic rings.